The van der Waals surface area contributed by atoms with Crippen LogP contribution in [0.3, 0.4) is 0 Å². The molecule has 2 N–H and O–H groups in total. The SMILES string of the molecule is CNCC1CCC(=O)Nc2ccccc21.Cl. The van der Waals surface area contributed by atoms with Crippen molar-refractivity contribution in [3.8, 4) is 0 Å². The summed E-state index contributed by atoms with van der Waals surface area (Å²) in [5, 5.41) is 6.13. The lowest BCUT2D eigenvalue weighted by molar-refractivity contribution is -0.116. The third-order valence-corrected chi connectivity index (χ3v) is 2.85. The zero-order chi connectivity index (χ0) is 10.7. The molecule has 1 unspecified atom stereocenters. The second-order valence-corrected chi connectivity index (χ2v) is 3.93. The van der Waals surface area contributed by atoms with Gasteiger partial charge in [0.15, 0.2) is 0 Å². The van der Waals surface area contributed by atoms with Crippen molar-refractivity contribution in [3.63, 3.8) is 0 Å². The summed E-state index contributed by atoms with van der Waals surface area (Å²) in [6.07, 6.45) is 1.53. The number of nitrogens with one attached hydrogen (secondary N) is 2. The summed E-state index contributed by atoms with van der Waals surface area (Å²) < 4.78 is 0. The van der Waals surface area contributed by atoms with Crippen LogP contribution in [0.25, 0.3) is 0 Å². The van der Waals surface area contributed by atoms with Gasteiger partial charge < -0.3 is 10.6 Å². The Morgan fingerprint density at radius 2 is 2.19 bits per heavy atom. The smallest absolute Gasteiger partial charge is 0.224 e. The first kappa shape index (κ1) is 13.0. The van der Waals surface area contributed by atoms with Crippen LogP contribution in [0.2, 0.25) is 0 Å². The lowest BCUT2D eigenvalue weighted by Gasteiger charge is -2.15. The van der Waals surface area contributed by atoms with Crippen molar-refractivity contribution in [3.05, 3.63) is 29.8 Å². The number of hydrogen-bond donors (Lipinski definition) is 2. The van der Waals surface area contributed by atoms with Gasteiger partial charge in [0.1, 0.15) is 0 Å². The van der Waals surface area contributed by atoms with Crippen molar-refractivity contribution in [2.75, 3.05) is 18.9 Å². The van der Waals surface area contributed by atoms with Gasteiger partial charge in [-0.2, -0.15) is 0 Å². The molecule has 1 aromatic rings. The molecule has 88 valence electrons. The van der Waals surface area contributed by atoms with E-state index in [1.165, 1.54) is 5.56 Å². The highest BCUT2D eigenvalue weighted by Gasteiger charge is 2.20. The van der Waals surface area contributed by atoms with Crippen LogP contribution in [0.4, 0.5) is 5.69 Å². The topological polar surface area (TPSA) is 41.1 Å². The minimum atomic E-state index is 0. The van der Waals surface area contributed by atoms with E-state index in [-0.39, 0.29) is 18.3 Å². The van der Waals surface area contributed by atoms with E-state index in [2.05, 4.69) is 16.7 Å². The van der Waals surface area contributed by atoms with Crippen LogP contribution in [0.15, 0.2) is 24.3 Å². The molecule has 2 rings (SSSR count). The van der Waals surface area contributed by atoms with Crippen molar-refractivity contribution in [1.29, 1.82) is 0 Å². The predicted molar refractivity (Wildman–Crippen MR) is 68.2 cm³/mol. The van der Waals surface area contributed by atoms with Crippen LogP contribution in [0.5, 0.6) is 0 Å². The van der Waals surface area contributed by atoms with E-state index >= 15 is 0 Å². The third kappa shape index (κ3) is 2.74. The number of para-hydroxylation sites is 1. The number of halogens is 1. The summed E-state index contributed by atoms with van der Waals surface area (Å²) in [6.45, 7) is 0.923. The van der Waals surface area contributed by atoms with Gasteiger partial charge in [-0.3, -0.25) is 4.79 Å². The molecule has 0 saturated heterocycles. The van der Waals surface area contributed by atoms with E-state index < -0.39 is 0 Å². The van der Waals surface area contributed by atoms with Gasteiger partial charge in [-0.25, -0.2) is 0 Å². The molecule has 3 nitrogen and oxygen atoms in total. The minimum absolute atomic E-state index is 0. The Labute approximate surface area is 102 Å². The molecule has 0 aromatic heterocycles. The normalized spacial score (nSPS) is 19.1. The first-order chi connectivity index (χ1) is 7.31. The number of benzene rings is 1. The maximum Gasteiger partial charge on any atom is 0.224 e. The molecule has 0 bridgehead atoms. The fourth-order valence-corrected chi connectivity index (χ4v) is 2.10. The molecule has 0 radical (unpaired) electrons. The number of amides is 1. The Morgan fingerprint density at radius 3 is 2.94 bits per heavy atom. The summed E-state index contributed by atoms with van der Waals surface area (Å²) in [6, 6.07) is 8.06. The molecule has 1 amide bonds. The third-order valence-electron chi connectivity index (χ3n) is 2.85. The van der Waals surface area contributed by atoms with Crippen molar-refractivity contribution in [2.45, 2.75) is 18.8 Å². The Morgan fingerprint density at radius 1 is 1.44 bits per heavy atom. The van der Waals surface area contributed by atoms with Gasteiger partial charge in [-0.15, -0.1) is 12.4 Å². The van der Waals surface area contributed by atoms with Crippen LogP contribution in [-0.4, -0.2) is 19.5 Å². The van der Waals surface area contributed by atoms with E-state index in [0.717, 1.165) is 18.7 Å². The second kappa shape index (κ2) is 5.87. The molecule has 1 aromatic carbocycles. The molecule has 0 spiro atoms. The van der Waals surface area contributed by atoms with Crippen LogP contribution in [-0.2, 0) is 4.79 Å². The van der Waals surface area contributed by atoms with Gasteiger partial charge in [0.2, 0.25) is 5.91 Å². The zero-order valence-electron chi connectivity index (χ0n) is 9.32. The number of carbonyl (C=O) groups is 1. The fourth-order valence-electron chi connectivity index (χ4n) is 2.10. The highest BCUT2D eigenvalue weighted by atomic mass is 35.5. The number of fused-ring (bicyclic) bond motifs is 1. The first-order valence-corrected chi connectivity index (χ1v) is 5.34. The van der Waals surface area contributed by atoms with Crippen LogP contribution in [0, 0.1) is 0 Å². The standard InChI is InChI=1S/C12H16N2O.ClH/c1-13-8-9-6-7-12(15)14-11-5-3-2-4-10(9)11;/h2-5,9,13H,6-8H2,1H3,(H,14,15);1H. The molecule has 1 aliphatic rings. The second-order valence-electron chi connectivity index (χ2n) is 3.93. The Bertz CT molecular complexity index is 368. The molecular formula is C12H17ClN2O. The number of rotatable bonds is 2. The molecule has 0 aliphatic carbocycles. The van der Waals surface area contributed by atoms with E-state index in [1.54, 1.807) is 0 Å². The lowest BCUT2D eigenvalue weighted by atomic mass is 9.94. The van der Waals surface area contributed by atoms with Crippen LogP contribution < -0.4 is 10.6 Å². The van der Waals surface area contributed by atoms with Gasteiger partial charge in [-0.1, -0.05) is 18.2 Å². The number of carbonyl (C=O) groups excluding carboxylic acids is 1. The molecule has 1 heterocycles. The Kier molecular flexibility index (Phi) is 4.77. The summed E-state index contributed by atoms with van der Waals surface area (Å²) in [5.41, 5.74) is 2.22. The minimum Gasteiger partial charge on any atom is -0.326 e. The number of anilines is 1. The maximum absolute atomic E-state index is 11.5. The lowest BCUT2D eigenvalue weighted by Crippen LogP contribution is -2.17. The highest BCUT2D eigenvalue weighted by molar-refractivity contribution is 5.92. The van der Waals surface area contributed by atoms with Crippen molar-refractivity contribution < 1.29 is 4.79 Å². The Balaban J connectivity index is 0.00000128. The largest absolute Gasteiger partial charge is 0.326 e. The molecule has 0 saturated carbocycles. The van der Waals surface area contributed by atoms with Gasteiger partial charge in [0.25, 0.3) is 0 Å². The summed E-state index contributed by atoms with van der Waals surface area (Å²) >= 11 is 0. The van der Waals surface area contributed by atoms with Gasteiger partial charge >= 0.3 is 0 Å². The quantitative estimate of drug-likeness (QED) is 0.832. The van der Waals surface area contributed by atoms with E-state index in [9.17, 15) is 4.79 Å². The van der Waals surface area contributed by atoms with Crippen molar-refractivity contribution in [2.24, 2.45) is 0 Å². The van der Waals surface area contributed by atoms with Gasteiger partial charge in [0, 0.05) is 18.7 Å². The summed E-state index contributed by atoms with van der Waals surface area (Å²) in [5.74, 6) is 0.561. The van der Waals surface area contributed by atoms with Crippen LogP contribution >= 0.6 is 12.4 Å². The van der Waals surface area contributed by atoms with E-state index in [0.29, 0.717) is 12.3 Å². The van der Waals surface area contributed by atoms with E-state index in [4.69, 9.17) is 0 Å². The van der Waals surface area contributed by atoms with Crippen molar-refractivity contribution >= 4 is 24.0 Å². The van der Waals surface area contributed by atoms with Crippen LogP contribution in [0.1, 0.15) is 24.3 Å². The van der Waals surface area contributed by atoms with Crippen molar-refractivity contribution in [1.82, 2.24) is 5.32 Å². The molecular weight excluding hydrogens is 224 g/mol. The molecule has 1 atom stereocenters. The molecule has 16 heavy (non-hydrogen) atoms. The fraction of sp³-hybridized carbons (Fsp3) is 0.417. The first-order valence-electron chi connectivity index (χ1n) is 5.34. The average Bonchev–Trinajstić information content (AvgIpc) is 2.39. The summed E-state index contributed by atoms with van der Waals surface area (Å²) in [4.78, 5) is 11.5. The zero-order valence-corrected chi connectivity index (χ0v) is 10.1. The maximum atomic E-state index is 11.5. The molecule has 4 heteroatoms. The summed E-state index contributed by atoms with van der Waals surface area (Å²) in [7, 11) is 1.95. The Hall–Kier alpha value is -1.06. The number of hydrogen-bond acceptors (Lipinski definition) is 2. The monoisotopic (exact) mass is 240 g/mol. The predicted octanol–water partition coefficient (Wildman–Crippen LogP) is 2.14. The van der Waals surface area contributed by atoms with E-state index in [1.807, 2.05) is 25.2 Å². The number of likely N-dealkylation sites (N-methyl/N-ethyl adjacent to an activating group) is 1. The molecule has 1 aliphatic heterocycles. The van der Waals surface area contributed by atoms with Gasteiger partial charge in [0.05, 0.1) is 0 Å². The average molecular weight is 241 g/mol. The van der Waals surface area contributed by atoms with Gasteiger partial charge in [-0.05, 0) is 31.0 Å². The molecule has 0 fully saturated rings. The highest BCUT2D eigenvalue weighted by Crippen LogP contribution is 2.30.